The lowest BCUT2D eigenvalue weighted by atomic mass is 9.95. The molecule has 2 N–H and O–H groups in total. The zero-order valence-corrected chi connectivity index (χ0v) is 22.5. The van der Waals surface area contributed by atoms with Crippen molar-refractivity contribution in [3.05, 3.63) is 101 Å². The van der Waals surface area contributed by atoms with Crippen molar-refractivity contribution in [1.82, 2.24) is 20.5 Å². The molecule has 2 unspecified atom stereocenters. The standard InChI is InChI=1S/C30H34ClFN4O2/c1-20-17-22(29(37)34-14-10-26-5-3-4-13-33-26)7-9-28(20)21(2)36-15-11-27(12-16-36)35-30(38)23-6-8-25(32)19-24(31)18-23/h3-9,13,17-19,21,24,27H,10-12,14-16H2,1-2H3,(H,34,37)(H,35,38). The number of aromatic nitrogens is 1. The van der Waals surface area contributed by atoms with Crippen LogP contribution in [0.5, 0.6) is 0 Å². The van der Waals surface area contributed by atoms with Crippen LogP contribution < -0.4 is 10.6 Å². The van der Waals surface area contributed by atoms with Gasteiger partial charge >= 0.3 is 0 Å². The van der Waals surface area contributed by atoms with E-state index in [1.807, 2.05) is 43.3 Å². The van der Waals surface area contributed by atoms with Crippen LogP contribution in [-0.2, 0) is 11.2 Å². The number of hydrogen-bond acceptors (Lipinski definition) is 4. The van der Waals surface area contributed by atoms with Gasteiger partial charge in [0.05, 0.1) is 5.38 Å². The zero-order chi connectivity index (χ0) is 27.1. The van der Waals surface area contributed by atoms with Gasteiger partial charge in [-0.05, 0) is 80.3 Å². The number of piperidine rings is 1. The molecule has 1 aromatic carbocycles. The number of aryl methyl sites for hydroxylation is 1. The van der Waals surface area contributed by atoms with Crippen LogP contribution in [0, 0.1) is 6.92 Å². The SMILES string of the molecule is Cc1cc(C(=O)NCCc2ccccn2)ccc1C(C)N1CCC(NC(=O)C2=CC(Cl)C=C(F)C=C2)CC1. The maximum absolute atomic E-state index is 13.5. The number of allylic oxidation sites excluding steroid dienone is 4. The predicted molar refractivity (Wildman–Crippen MR) is 149 cm³/mol. The molecule has 0 radical (unpaired) electrons. The van der Waals surface area contributed by atoms with Crippen LogP contribution in [0.15, 0.2) is 78.3 Å². The highest BCUT2D eigenvalue weighted by molar-refractivity contribution is 6.23. The Hall–Kier alpha value is -3.29. The van der Waals surface area contributed by atoms with Gasteiger partial charge in [-0.1, -0.05) is 18.2 Å². The molecule has 38 heavy (non-hydrogen) atoms. The molecule has 1 saturated heterocycles. The van der Waals surface area contributed by atoms with Gasteiger partial charge in [-0.25, -0.2) is 4.39 Å². The van der Waals surface area contributed by atoms with E-state index in [0.717, 1.165) is 37.2 Å². The van der Waals surface area contributed by atoms with Gasteiger partial charge in [0.15, 0.2) is 0 Å². The van der Waals surface area contributed by atoms with Crippen LogP contribution >= 0.6 is 11.6 Å². The summed E-state index contributed by atoms with van der Waals surface area (Å²) in [5.74, 6) is -0.764. The fourth-order valence-corrected chi connectivity index (χ4v) is 5.19. The number of likely N-dealkylation sites (tertiary alicyclic amines) is 1. The third kappa shape index (κ3) is 7.39. The molecule has 6 nitrogen and oxygen atoms in total. The molecule has 1 aliphatic carbocycles. The summed E-state index contributed by atoms with van der Waals surface area (Å²) < 4.78 is 13.5. The van der Waals surface area contributed by atoms with Crippen molar-refractivity contribution in [1.29, 1.82) is 0 Å². The number of halogens is 2. The van der Waals surface area contributed by atoms with Gasteiger partial charge in [-0.3, -0.25) is 19.5 Å². The first-order chi connectivity index (χ1) is 18.3. The van der Waals surface area contributed by atoms with Gasteiger partial charge in [-0.15, -0.1) is 11.6 Å². The maximum atomic E-state index is 13.5. The van der Waals surface area contributed by atoms with Crippen molar-refractivity contribution in [2.24, 2.45) is 0 Å². The second-order valence-corrected chi connectivity index (χ2v) is 10.3. The van der Waals surface area contributed by atoms with Crippen LogP contribution in [0.4, 0.5) is 4.39 Å². The summed E-state index contributed by atoms with van der Waals surface area (Å²) in [6, 6.07) is 11.9. The molecule has 4 rings (SSSR count). The molecule has 2 atom stereocenters. The Balaban J connectivity index is 1.27. The van der Waals surface area contributed by atoms with Gasteiger partial charge in [0.1, 0.15) is 5.83 Å². The van der Waals surface area contributed by atoms with E-state index in [1.54, 1.807) is 12.3 Å². The molecule has 200 valence electrons. The van der Waals surface area contributed by atoms with Crippen molar-refractivity contribution in [3.63, 3.8) is 0 Å². The summed E-state index contributed by atoms with van der Waals surface area (Å²) in [6.45, 7) is 6.43. The number of alkyl halides is 1. The number of carbonyl (C=O) groups is 2. The van der Waals surface area contributed by atoms with E-state index in [4.69, 9.17) is 11.6 Å². The molecule has 8 heteroatoms. The Morgan fingerprint density at radius 1 is 1.13 bits per heavy atom. The molecule has 0 saturated carbocycles. The minimum absolute atomic E-state index is 0.0494. The summed E-state index contributed by atoms with van der Waals surface area (Å²) in [6.07, 6.45) is 9.64. The normalized spacial score (nSPS) is 19.2. The fourth-order valence-electron chi connectivity index (χ4n) is 4.94. The molecular formula is C30H34ClFN4O2. The number of pyridine rings is 1. The first-order valence-electron chi connectivity index (χ1n) is 13.0. The van der Waals surface area contributed by atoms with E-state index in [9.17, 15) is 14.0 Å². The zero-order valence-electron chi connectivity index (χ0n) is 21.8. The number of carbonyl (C=O) groups excluding carboxylic acids is 2. The Labute approximate surface area is 228 Å². The molecule has 1 aliphatic heterocycles. The Morgan fingerprint density at radius 2 is 1.92 bits per heavy atom. The maximum Gasteiger partial charge on any atom is 0.251 e. The third-order valence-electron chi connectivity index (χ3n) is 7.13. The van der Waals surface area contributed by atoms with E-state index in [1.165, 1.54) is 23.8 Å². The van der Waals surface area contributed by atoms with Crippen LogP contribution in [-0.4, -0.2) is 52.8 Å². The van der Waals surface area contributed by atoms with Crippen LogP contribution in [0.2, 0.25) is 0 Å². The number of amides is 2. The highest BCUT2D eigenvalue weighted by atomic mass is 35.5. The van der Waals surface area contributed by atoms with Crippen LogP contribution in [0.25, 0.3) is 0 Å². The molecular weight excluding hydrogens is 503 g/mol. The first-order valence-corrected chi connectivity index (χ1v) is 13.5. The quantitative estimate of drug-likeness (QED) is 0.468. The predicted octanol–water partition coefficient (Wildman–Crippen LogP) is 4.96. The second kappa shape index (κ2) is 13.0. The Morgan fingerprint density at radius 3 is 2.63 bits per heavy atom. The lowest BCUT2D eigenvalue weighted by molar-refractivity contribution is -0.118. The lowest BCUT2D eigenvalue weighted by Crippen LogP contribution is -2.45. The number of nitrogens with one attached hydrogen (secondary N) is 2. The largest absolute Gasteiger partial charge is 0.352 e. The number of benzene rings is 1. The average molecular weight is 537 g/mol. The van der Waals surface area contributed by atoms with E-state index >= 15 is 0 Å². The average Bonchev–Trinajstić information content (AvgIpc) is 3.09. The van der Waals surface area contributed by atoms with Crippen LogP contribution in [0.3, 0.4) is 0 Å². The number of rotatable bonds is 8. The topological polar surface area (TPSA) is 74.3 Å². The minimum atomic E-state index is -0.652. The van der Waals surface area contributed by atoms with Gasteiger partial charge < -0.3 is 10.6 Å². The Bertz CT molecular complexity index is 1240. The molecule has 2 amide bonds. The molecule has 2 aromatic rings. The van der Waals surface area contributed by atoms with Crippen LogP contribution in [0.1, 0.15) is 53.0 Å². The highest BCUT2D eigenvalue weighted by Gasteiger charge is 2.26. The van der Waals surface area contributed by atoms with Gasteiger partial charge in [0.25, 0.3) is 11.8 Å². The fraction of sp³-hybridized carbons (Fsp3) is 0.367. The summed E-state index contributed by atoms with van der Waals surface area (Å²) in [5.41, 5.74) is 4.24. The van der Waals surface area contributed by atoms with Gasteiger partial charge in [-0.2, -0.15) is 0 Å². The summed E-state index contributed by atoms with van der Waals surface area (Å²) in [5, 5.41) is 5.40. The van der Waals surface area contributed by atoms with Crippen molar-refractivity contribution >= 4 is 23.4 Å². The van der Waals surface area contributed by atoms with Gasteiger partial charge in [0, 0.05) is 61.2 Å². The lowest BCUT2D eigenvalue weighted by Gasteiger charge is -2.37. The van der Waals surface area contributed by atoms with Crippen molar-refractivity contribution in [2.45, 2.75) is 50.6 Å². The van der Waals surface area contributed by atoms with E-state index in [-0.39, 0.29) is 23.9 Å². The van der Waals surface area contributed by atoms with Crippen molar-refractivity contribution in [2.75, 3.05) is 19.6 Å². The third-order valence-corrected chi connectivity index (χ3v) is 7.38. The molecule has 2 heterocycles. The van der Waals surface area contributed by atoms with E-state index in [2.05, 4.69) is 27.4 Å². The van der Waals surface area contributed by atoms with Crippen molar-refractivity contribution < 1.29 is 14.0 Å². The summed E-state index contributed by atoms with van der Waals surface area (Å²) in [7, 11) is 0. The second-order valence-electron chi connectivity index (χ2n) is 9.81. The molecule has 0 spiro atoms. The molecule has 0 bridgehead atoms. The first kappa shape index (κ1) is 27.7. The van der Waals surface area contributed by atoms with Gasteiger partial charge in [0.2, 0.25) is 0 Å². The molecule has 2 aliphatic rings. The monoisotopic (exact) mass is 536 g/mol. The number of nitrogens with zero attached hydrogens (tertiary/aromatic N) is 2. The van der Waals surface area contributed by atoms with E-state index < -0.39 is 11.2 Å². The summed E-state index contributed by atoms with van der Waals surface area (Å²) in [4.78, 5) is 32.0. The minimum Gasteiger partial charge on any atom is -0.352 e. The number of hydrogen-bond donors (Lipinski definition) is 2. The van der Waals surface area contributed by atoms with E-state index in [0.29, 0.717) is 24.1 Å². The Kier molecular flexibility index (Phi) is 9.48. The molecule has 1 fully saturated rings. The van der Waals surface area contributed by atoms with Crippen molar-refractivity contribution in [3.8, 4) is 0 Å². The molecule has 1 aromatic heterocycles. The summed E-state index contributed by atoms with van der Waals surface area (Å²) >= 11 is 6.05. The highest BCUT2D eigenvalue weighted by Crippen LogP contribution is 2.27. The smallest absolute Gasteiger partial charge is 0.251 e.